The number of esters is 1. The van der Waals surface area contributed by atoms with Crippen molar-refractivity contribution in [3.05, 3.63) is 29.3 Å². The Morgan fingerprint density at radius 3 is 2.94 bits per heavy atom. The maximum Gasteiger partial charge on any atom is 0.338 e. The van der Waals surface area contributed by atoms with Gasteiger partial charge in [-0.05, 0) is 24.6 Å². The van der Waals surface area contributed by atoms with Gasteiger partial charge in [0.2, 0.25) is 0 Å². The molecule has 2 atom stereocenters. The molecule has 0 N–H and O–H groups in total. The minimum atomic E-state index is -0.539. The Kier molecular flexibility index (Phi) is 3.49. The first-order valence-corrected chi connectivity index (χ1v) is 5.61. The van der Waals surface area contributed by atoms with Crippen molar-refractivity contribution in [1.29, 1.82) is 5.26 Å². The van der Waals surface area contributed by atoms with Crippen molar-refractivity contribution in [2.75, 3.05) is 13.7 Å². The van der Waals surface area contributed by atoms with Crippen LogP contribution >= 0.6 is 0 Å². The predicted molar refractivity (Wildman–Crippen MR) is 62.0 cm³/mol. The minimum Gasteiger partial charge on any atom is -0.495 e. The van der Waals surface area contributed by atoms with Crippen molar-refractivity contribution < 1.29 is 19.0 Å². The Bertz CT molecular complexity index is 506. The molecule has 5 nitrogen and oxygen atoms in total. The molecule has 0 saturated carbocycles. The highest BCUT2D eigenvalue weighted by Crippen LogP contribution is 2.41. The second-order valence-corrected chi connectivity index (χ2v) is 3.80. The van der Waals surface area contributed by atoms with Crippen LogP contribution in [0.15, 0.2) is 18.2 Å². The van der Waals surface area contributed by atoms with Gasteiger partial charge in [-0.15, -0.1) is 0 Å². The molecule has 1 heterocycles. The van der Waals surface area contributed by atoms with Crippen LogP contribution < -0.4 is 4.74 Å². The number of nitriles is 1. The van der Waals surface area contributed by atoms with Gasteiger partial charge < -0.3 is 14.2 Å². The Morgan fingerprint density at radius 2 is 2.33 bits per heavy atom. The predicted octanol–water partition coefficient (Wildman–Crippen LogP) is 1.57. The van der Waals surface area contributed by atoms with Gasteiger partial charge in [0, 0.05) is 0 Å². The molecule has 0 radical (unpaired) electrons. The van der Waals surface area contributed by atoms with Crippen molar-refractivity contribution in [2.24, 2.45) is 0 Å². The van der Waals surface area contributed by atoms with Crippen LogP contribution in [0, 0.1) is 11.3 Å². The average molecular weight is 247 g/mol. The fourth-order valence-corrected chi connectivity index (χ4v) is 1.75. The van der Waals surface area contributed by atoms with Crippen LogP contribution in [-0.4, -0.2) is 25.8 Å². The third-order valence-electron chi connectivity index (χ3n) is 2.69. The zero-order valence-electron chi connectivity index (χ0n) is 10.2. The summed E-state index contributed by atoms with van der Waals surface area (Å²) in [6.07, 6.45) is -0.840. The lowest BCUT2D eigenvalue weighted by atomic mass is 10.1. The summed E-state index contributed by atoms with van der Waals surface area (Å²) in [6, 6.07) is 7.15. The monoisotopic (exact) mass is 247 g/mol. The summed E-state index contributed by atoms with van der Waals surface area (Å²) in [5.41, 5.74) is 1.26. The van der Waals surface area contributed by atoms with Crippen LogP contribution in [0.2, 0.25) is 0 Å². The van der Waals surface area contributed by atoms with E-state index < -0.39 is 6.10 Å². The first kappa shape index (κ1) is 12.4. The van der Waals surface area contributed by atoms with Crippen LogP contribution in [0.1, 0.15) is 24.2 Å². The Labute approximate surface area is 105 Å². The lowest BCUT2D eigenvalue weighted by molar-refractivity contribution is -0.144. The van der Waals surface area contributed by atoms with Crippen LogP contribution in [0.5, 0.6) is 5.75 Å². The number of hydrogen-bond acceptors (Lipinski definition) is 5. The fraction of sp³-hybridized carbons (Fsp3) is 0.385. The van der Waals surface area contributed by atoms with E-state index in [-0.39, 0.29) is 12.1 Å². The SMILES string of the molecule is CCOC(=O)[C@@H]1O[C@@H]1c1ccc(C#N)c(OC)c1. The van der Waals surface area contributed by atoms with Crippen molar-refractivity contribution >= 4 is 5.97 Å². The molecule has 18 heavy (non-hydrogen) atoms. The summed E-state index contributed by atoms with van der Waals surface area (Å²) < 4.78 is 15.3. The van der Waals surface area contributed by atoms with Gasteiger partial charge in [-0.25, -0.2) is 4.79 Å². The van der Waals surface area contributed by atoms with Crippen molar-refractivity contribution in [3.63, 3.8) is 0 Å². The molecule has 0 aromatic heterocycles. The maximum absolute atomic E-state index is 11.4. The summed E-state index contributed by atoms with van der Waals surface area (Å²) >= 11 is 0. The van der Waals surface area contributed by atoms with E-state index in [0.29, 0.717) is 17.9 Å². The summed E-state index contributed by atoms with van der Waals surface area (Å²) in [5, 5.41) is 8.87. The highest BCUT2D eigenvalue weighted by atomic mass is 16.6. The molecule has 5 heteroatoms. The first-order valence-electron chi connectivity index (χ1n) is 5.61. The molecule has 1 fully saturated rings. The smallest absolute Gasteiger partial charge is 0.338 e. The molecular weight excluding hydrogens is 234 g/mol. The van der Waals surface area contributed by atoms with E-state index in [4.69, 9.17) is 19.5 Å². The Morgan fingerprint density at radius 1 is 1.56 bits per heavy atom. The van der Waals surface area contributed by atoms with Gasteiger partial charge in [-0.3, -0.25) is 0 Å². The largest absolute Gasteiger partial charge is 0.495 e. The summed E-state index contributed by atoms with van der Waals surface area (Å²) in [6.45, 7) is 2.09. The van der Waals surface area contributed by atoms with E-state index in [1.165, 1.54) is 7.11 Å². The van der Waals surface area contributed by atoms with Gasteiger partial charge in [0.25, 0.3) is 0 Å². The zero-order valence-corrected chi connectivity index (χ0v) is 10.2. The van der Waals surface area contributed by atoms with Crippen LogP contribution in [0.4, 0.5) is 0 Å². The summed E-state index contributed by atoms with van der Waals surface area (Å²) in [5.74, 6) is 0.124. The number of hydrogen-bond donors (Lipinski definition) is 0. The summed E-state index contributed by atoms with van der Waals surface area (Å²) in [7, 11) is 1.50. The van der Waals surface area contributed by atoms with Gasteiger partial charge >= 0.3 is 5.97 Å². The number of carbonyl (C=O) groups is 1. The third kappa shape index (κ3) is 2.29. The standard InChI is InChI=1S/C13H13NO4/c1-3-17-13(15)12-11(18-12)8-4-5-9(7-14)10(6-8)16-2/h4-6,11-12H,3H2,1-2H3/t11-,12-/m1/s1. The first-order chi connectivity index (χ1) is 8.71. The second-order valence-electron chi connectivity index (χ2n) is 3.80. The molecule has 0 bridgehead atoms. The quantitative estimate of drug-likeness (QED) is 0.596. The van der Waals surface area contributed by atoms with Gasteiger partial charge in [-0.2, -0.15) is 5.26 Å². The normalized spacial score (nSPS) is 20.9. The minimum absolute atomic E-state index is 0.300. The van der Waals surface area contributed by atoms with E-state index >= 15 is 0 Å². The zero-order chi connectivity index (χ0) is 13.1. The molecular formula is C13H13NO4. The number of epoxide rings is 1. The number of carbonyl (C=O) groups excluding carboxylic acids is 1. The number of methoxy groups -OCH3 is 1. The molecule has 1 aliphatic heterocycles. The van der Waals surface area contributed by atoms with Gasteiger partial charge in [0.15, 0.2) is 6.10 Å². The third-order valence-corrected chi connectivity index (χ3v) is 2.69. The molecule has 94 valence electrons. The lowest BCUT2D eigenvalue weighted by Crippen LogP contribution is -2.11. The maximum atomic E-state index is 11.4. The molecule has 0 amide bonds. The molecule has 2 rings (SSSR count). The number of rotatable bonds is 4. The molecule has 1 aromatic carbocycles. The molecule has 0 unspecified atom stereocenters. The van der Waals surface area contributed by atoms with Gasteiger partial charge in [-0.1, -0.05) is 6.07 Å². The van der Waals surface area contributed by atoms with Gasteiger partial charge in [0.05, 0.1) is 19.3 Å². The topological polar surface area (TPSA) is 71.8 Å². The van der Waals surface area contributed by atoms with E-state index in [1.807, 2.05) is 6.07 Å². The second kappa shape index (κ2) is 5.07. The molecule has 0 aliphatic carbocycles. The highest BCUT2D eigenvalue weighted by Gasteiger charge is 2.47. The lowest BCUT2D eigenvalue weighted by Gasteiger charge is -2.04. The van der Waals surface area contributed by atoms with Gasteiger partial charge in [0.1, 0.15) is 17.9 Å². The molecule has 1 saturated heterocycles. The van der Waals surface area contributed by atoms with Crippen LogP contribution in [0.3, 0.4) is 0 Å². The molecule has 0 spiro atoms. The number of nitrogens with zero attached hydrogens (tertiary/aromatic N) is 1. The molecule has 1 aromatic rings. The van der Waals surface area contributed by atoms with Crippen molar-refractivity contribution in [2.45, 2.75) is 19.1 Å². The average Bonchev–Trinajstić information content (AvgIpc) is 3.18. The molecule has 1 aliphatic rings. The van der Waals surface area contributed by atoms with E-state index in [1.54, 1.807) is 25.1 Å². The van der Waals surface area contributed by atoms with Crippen LogP contribution in [-0.2, 0) is 14.3 Å². The van der Waals surface area contributed by atoms with Crippen molar-refractivity contribution in [1.82, 2.24) is 0 Å². The highest BCUT2D eigenvalue weighted by molar-refractivity contribution is 5.78. The van der Waals surface area contributed by atoms with E-state index in [2.05, 4.69) is 0 Å². The fourth-order valence-electron chi connectivity index (χ4n) is 1.75. The van der Waals surface area contributed by atoms with Crippen molar-refractivity contribution in [3.8, 4) is 11.8 Å². The number of benzene rings is 1. The van der Waals surface area contributed by atoms with E-state index in [0.717, 1.165) is 5.56 Å². The Hall–Kier alpha value is -2.06. The number of ether oxygens (including phenoxy) is 3. The van der Waals surface area contributed by atoms with Crippen LogP contribution in [0.25, 0.3) is 0 Å². The van der Waals surface area contributed by atoms with E-state index in [9.17, 15) is 4.79 Å². The summed E-state index contributed by atoms with van der Waals surface area (Å²) in [4.78, 5) is 11.4. The Balaban J connectivity index is 2.13.